The molecule has 2 aromatic rings. The van der Waals surface area contributed by atoms with Gasteiger partial charge in [0, 0.05) is 25.3 Å². The van der Waals surface area contributed by atoms with Crippen LogP contribution in [0.3, 0.4) is 0 Å². The quantitative estimate of drug-likeness (QED) is 0.776. The molecule has 9 nitrogen and oxygen atoms in total. The second-order valence-electron chi connectivity index (χ2n) is 8.25. The summed E-state index contributed by atoms with van der Waals surface area (Å²) in [6, 6.07) is 0.372. The molecule has 2 aliphatic rings. The molecule has 28 heavy (non-hydrogen) atoms. The average Bonchev–Trinajstić information content (AvgIpc) is 3.45. The van der Waals surface area contributed by atoms with Crippen molar-refractivity contribution in [2.45, 2.75) is 64.1 Å². The lowest BCUT2D eigenvalue weighted by molar-refractivity contribution is 0.0736. The molecule has 0 aromatic carbocycles. The fourth-order valence-electron chi connectivity index (χ4n) is 4.76. The number of tetrazole rings is 1. The first-order valence-electron chi connectivity index (χ1n) is 10.3. The van der Waals surface area contributed by atoms with Gasteiger partial charge in [-0.2, -0.15) is 5.10 Å². The van der Waals surface area contributed by atoms with Gasteiger partial charge in [-0.3, -0.25) is 14.4 Å². The minimum atomic E-state index is -0.365. The zero-order chi connectivity index (χ0) is 19.9. The van der Waals surface area contributed by atoms with Crippen molar-refractivity contribution < 1.29 is 4.79 Å². The van der Waals surface area contributed by atoms with Crippen molar-refractivity contribution in [3.8, 4) is 0 Å². The summed E-state index contributed by atoms with van der Waals surface area (Å²) in [6.45, 7) is 6.02. The van der Waals surface area contributed by atoms with E-state index in [1.54, 1.807) is 6.20 Å². The van der Waals surface area contributed by atoms with E-state index in [9.17, 15) is 4.79 Å². The van der Waals surface area contributed by atoms with Crippen molar-refractivity contribution in [1.82, 2.24) is 39.8 Å². The van der Waals surface area contributed by atoms with Crippen molar-refractivity contribution in [1.29, 1.82) is 0 Å². The number of nitrogens with zero attached hydrogens (tertiary/aromatic N) is 8. The third kappa shape index (κ3) is 2.92. The molecule has 1 saturated carbocycles. The number of hydrogen-bond acceptors (Lipinski definition) is 6. The maximum Gasteiger partial charge on any atom is 0.257 e. The highest BCUT2D eigenvalue weighted by molar-refractivity contribution is 5.95. The largest absolute Gasteiger partial charge is 0.336 e. The number of carbonyl (C=O) groups is 1. The molecule has 9 heteroatoms. The van der Waals surface area contributed by atoms with E-state index >= 15 is 0 Å². The van der Waals surface area contributed by atoms with Gasteiger partial charge in [0.2, 0.25) is 0 Å². The van der Waals surface area contributed by atoms with Crippen molar-refractivity contribution in [2.24, 2.45) is 0 Å². The standard InChI is InChI=1S/C19H30N8O/c1-5-26-14(2)16(12-20-26)17(28)25-11-10-19(13-25,24(3)4)18-21-22-23-27(18)15-8-6-7-9-15/h12,15H,5-11,13H2,1-4H3. The molecular formula is C19H30N8O. The topological polar surface area (TPSA) is 85.0 Å². The molecule has 1 atom stereocenters. The minimum absolute atomic E-state index is 0.0424. The summed E-state index contributed by atoms with van der Waals surface area (Å²) in [5.74, 6) is 0.932. The van der Waals surface area contributed by atoms with E-state index in [-0.39, 0.29) is 11.4 Å². The number of hydrogen-bond donors (Lipinski definition) is 0. The molecule has 2 aromatic heterocycles. The Morgan fingerprint density at radius 1 is 1.32 bits per heavy atom. The summed E-state index contributed by atoms with van der Waals surface area (Å²) in [4.78, 5) is 17.3. The van der Waals surface area contributed by atoms with Crippen molar-refractivity contribution in [3.05, 3.63) is 23.3 Å². The lowest BCUT2D eigenvalue weighted by Crippen LogP contribution is -2.47. The second kappa shape index (κ2) is 7.27. The summed E-state index contributed by atoms with van der Waals surface area (Å²) < 4.78 is 3.89. The van der Waals surface area contributed by atoms with Crippen LogP contribution in [0.1, 0.15) is 66.9 Å². The Bertz CT molecular complexity index is 850. The van der Waals surface area contributed by atoms with Gasteiger partial charge >= 0.3 is 0 Å². The highest BCUT2D eigenvalue weighted by Gasteiger charge is 2.48. The first-order valence-corrected chi connectivity index (χ1v) is 10.3. The molecule has 0 bridgehead atoms. The molecule has 1 amide bonds. The molecule has 1 aliphatic carbocycles. The van der Waals surface area contributed by atoms with Crippen LogP contribution in [0.15, 0.2) is 6.20 Å². The van der Waals surface area contributed by atoms with Crippen LogP contribution in [-0.4, -0.2) is 72.9 Å². The third-order valence-corrected chi connectivity index (χ3v) is 6.60. The van der Waals surface area contributed by atoms with Crippen LogP contribution >= 0.6 is 0 Å². The molecule has 4 rings (SSSR count). The zero-order valence-electron chi connectivity index (χ0n) is 17.3. The number of likely N-dealkylation sites (tertiary alicyclic amines) is 1. The van der Waals surface area contributed by atoms with E-state index < -0.39 is 0 Å². The van der Waals surface area contributed by atoms with Gasteiger partial charge in [0.05, 0.1) is 17.8 Å². The molecule has 0 spiro atoms. The van der Waals surface area contributed by atoms with Crippen LogP contribution in [0.5, 0.6) is 0 Å². The van der Waals surface area contributed by atoms with E-state index in [1.807, 2.05) is 28.1 Å². The van der Waals surface area contributed by atoms with E-state index in [4.69, 9.17) is 0 Å². The summed E-state index contributed by atoms with van der Waals surface area (Å²) in [5, 5.41) is 17.1. The molecular weight excluding hydrogens is 356 g/mol. The normalized spacial score (nSPS) is 23.2. The van der Waals surface area contributed by atoms with Gasteiger partial charge in [0.25, 0.3) is 5.91 Å². The summed E-state index contributed by atoms with van der Waals surface area (Å²) in [5.41, 5.74) is 1.24. The number of aryl methyl sites for hydroxylation is 1. The molecule has 0 N–H and O–H groups in total. The number of rotatable bonds is 5. The van der Waals surface area contributed by atoms with Crippen molar-refractivity contribution in [2.75, 3.05) is 27.2 Å². The summed E-state index contributed by atoms with van der Waals surface area (Å²) in [6.07, 6.45) is 7.22. The molecule has 152 valence electrons. The Morgan fingerprint density at radius 3 is 2.71 bits per heavy atom. The van der Waals surface area contributed by atoms with Crippen LogP contribution in [0.25, 0.3) is 0 Å². The van der Waals surface area contributed by atoms with E-state index in [0.717, 1.165) is 37.3 Å². The number of aromatic nitrogens is 6. The molecule has 0 radical (unpaired) electrons. The van der Waals surface area contributed by atoms with Gasteiger partial charge < -0.3 is 4.90 Å². The van der Waals surface area contributed by atoms with Crippen LogP contribution in [0.2, 0.25) is 0 Å². The first-order chi connectivity index (χ1) is 13.5. The number of likely N-dealkylation sites (N-methyl/N-ethyl adjacent to an activating group) is 1. The molecule has 3 heterocycles. The zero-order valence-corrected chi connectivity index (χ0v) is 17.3. The molecule has 2 fully saturated rings. The maximum atomic E-state index is 13.2. The molecule has 1 saturated heterocycles. The fourth-order valence-corrected chi connectivity index (χ4v) is 4.76. The second-order valence-corrected chi connectivity index (χ2v) is 8.25. The van der Waals surface area contributed by atoms with E-state index in [2.05, 4.69) is 39.6 Å². The maximum absolute atomic E-state index is 13.2. The fraction of sp³-hybridized carbons (Fsp3) is 0.737. The molecule has 1 aliphatic heterocycles. The van der Waals surface area contributed by atoms with Crippen LogP contribution < -0.4 is 0 Å². The van der Waals surface area contributed by atoms with Gasteiger partial charge in [-0.1, -0.05) is 12.8 Å². The highest BCUT2D eigenvalue weighted by Crippen LogP contribution is 2.39. The van der Waals surface area contributed by atoms with Gasteiger partial charge in [-0.05, 0) is 57.6 Å². The lowest BCUT2D eigenvalue weighted by atomic mass is 9.95. The van der Waals surface area contributed by atoms with Gasteiger partial charge in [-0.15, -0.1) is 5.10 Å². The van der Waals surface area contributed by atoms with Crippen molar-refractivity contribution in [3.63, 3.8) is 0 Å². The predicted molar refractivity (Wildman–Crippen MR) is 104 cm³/mol. The Morgan fingerprint density at radius 2 is 2.07 bits per heavy atom. The Kier molecular flexibility index (Phi) is 4.95. The van der Waals surface area contributed by atoms with Crippen LogP contribution in [0, 0.1) is 6.92 Å². The minimum Gasteiger partial charge on any atom is -0.336 e. The van der Waals surface area contributed by atoms with E-state index in [0.29, 0.717) is 24.7 Å². The Hall–Kier alpha value is -2.29. The highest BCUT2D eigenvalue weighted by atomic mass is 16.2. The van der Waals surface area contributed by atoms with Gasteiger partial charge in [0.1, 0.15) is 5.54 Å². The summed E-state index contributed by atoms with van der Waals surface area (Å²) >= 11 is 0. The van der Waals surface area contributed by atoms with Gasteiger partial charge in [0.15, 0.2) is 5.82 Å². The van der Waals surface area contributed by atoms with Gasteiger partial charge in [-0.25, -0.2) is 4.68 Å². The monoisotopic (exact) mass is 386 g/mol. The van der Waals surface area contributed by atoms with Crippen molar-refractivity contribution >= 4 is 5.91 Å². The number of carbonyl (C=O) groups excluding carboxylic acids is 1. The lowest BCUT2D eigenvalue weighted by Gasteiger charge is -2.35. The van der Waals surface area contributed by atoms with E-state index in [1.165, 1.54) is 12.8 Å². The third-order valence-electron chi connectivity index (χ3n) is 6.60. The SMILES string of the molecule is CCn1ncc(C(=O)N2CCC(c3nnnn3C3CCCC3)(N(C)C)C2)c1C. The van der Waals surface area contributed by atoms with Crippen LogP contribution in [0.4, 0.5) is 0 Å². The molecule has 1 unspecified atom stereocenters. The predicted octanol–water partition coefficient (Wildman–Crippen LogP) is 1.62. The Labute approximate surface area is 165 Å². The Balaban J connectivity index is 1.63. The smallest absolute Gasteiger partial charge is 0.257 e. The average molecular weight is 387 g/mol. The van der Waals surface area contributed by atoms with Crippen LogP contribution in [-0.2, 0) is 12.1 Å². The first kappa shape index (κ1) is 19.0. The summed E-state index contributed by atoms with van der Waals surface area (Å²) in [7, 11) is 4.12. The number of amides is 1.